The lowest BCUT2D eigenvalue weighted by Gasteiger charge is -2.09. The van der Waals surface area contributed by atoms with Crippen LogP contribution in [0, 0.1) is 12.8 Å². The highest BCUT2D eigenvalue weighted by Crippen LogP contribution is 2.13. The molecule has 0 fully saturated rings. The third-order valence-corrected chi connectivity index (χ3v) is 3.57. The third kappa shape index (κ3) is 9.59. The number of alkyl halides is 3. The van der Waals surface area contributed by atoms with Crippen molar-refractivity contribution < 1.29 is 27.9 Å². The maximum Gasteiger partial charge on any atom is 0.490 e. The van der Waals surface area contributed by atoms with Gasteiger partial charge in [-0.1, -0.05) is 31.5 Å². The second-order valence-corrected chi connectivity index (χ2v) is 6.67. The molecule has 29 heavy (non-hydrogen) atoms. The summed E-state index contributed by atoms with van der Waals surface area (Å²) < 4.78 is 31.7. The summed E-state index contributed by atoms with van der Waals surface area (Å²) >= 11 is 0. The number of benzene rings is 1. The lowest BCUT2D eigenvalue weighted by atomic mass is 10.1. The number of halogens is 3. The number of carbonyl (C=O) groups excluding carboxylic acids is 1. The second-order valence-electron chi connectivity index (χ2n) is 6.67. The lowest BCUT2D eigenvalue weighted by molar-refractivity contribution is -0.192. The van der Waals surface area contributed by atoms with E-state index in [1.54, 1.807) is 12.3 Å². The molecule has 1 aromatic carbocycles. The van der Waals surface area contributed by atoms with E-state index < -0.39 is 12.1 Å². The van der Waals surface area contributed by atoms with Crippen molar-refractivity contribution in [1.29, 1.82) is 0 Å². The quantitative estimate of drug-likeness (QED) is 0.639. The molecule has 6 nitrogen and oxygen atoms in total. The Labute approximate surface area is 167 Å². The second kappa shape index (κ2) is 11.0. The molecule has 1 heterocycles. The van der Waals surface area contributed by atoms with Crippen LogP contribution < -0.4 is 10.6 Å². The summed E-state index contributed by atoms with van der Waals surface area (Å²) in [7, 11) is 0. The summed E-state index contributed by atoms with van der Waals surface area (Å²) in [5.74, 6) is -1.38. The number of anilines is 2. The van der Waals surface area contributed by atoms with E-state index in [0.29, 0.717) is 17.2 Å². The molecule has 9 heteroatoms. The van der Waals surface area contributed by atoms with Gasteiger partial charge >= 0.3 is 12.1 Å². The molecule has 0 bridgehead atoms. The Morgan fingerprint density at radius 1 is 1.17 bits per heavy atom. The predicted octanol–water partition coefficient (Wildman–Crippen LogP) is 4.73. The minimum absolute atomic E-state index is 0.119. The average molecular weight is 411 g/mol. The van der Waals surface area contributed by atoms with Crippen molar-refractivity contribution in [2.75, 3.05) is 17.2 Å². The van der Waals surface area contributed by atoms with Gasteiger partial charge < -0.3 is 15.7 Å². The molecule has 0 unspecified atom stereocenters. The maximum atomic E-state index is 12.1. The molecule has 0 aliphatic carbocycles. The van der Waals surface area contributed by atoms with Crippen LogP contribution in [-0.2, 0) is 4.79 Å². The van der Waals surface area contributed by atoms with Crippen LogP contribution in [-0.4, -0.2) is 34.7 Å². The van der Waals surface area contributed by atoms with Crippen LogP contribution in [0.5, 0.6) is 0 Å². The number of aliphatic carboxylic acids is 1. The number of carboxylic acid groups (broad SMARTS) is 1. The molecular formula is C20H24F3N3O3. The van der Waals surface area contributed by atoms with Crippen LogP contribution in [0.4, 0.5) is 24.7 Å². The Morgan fingerprint density at radius 3 is 2.31 bits per heavy atom. The van der Waals surface area contributed by atoms with Crippen LogP contribution in [0.3, 0.4) is 0 Å². The fraction of sp³-hybridized carbons (Fsp3) is 0.350. The first-order valence-corrected chi connectivity index (χ1v) is 8.87. The molecule has 0 atom stereocenters. The topological polar surface area (TPSA) is 91.3 Å². The van der Waals surface area contributed by atoms with Crippen molar-refractivity contribution in [3.05, 3.63) is 53.7 Å². The highest BCUT2D eigenvalue weighted by molar-refractivity contribution is 6.04. The Kier molecular flexibility index (Phi) is 9.11. The number of pyridine rings is 1. The lowest BCUT2D eigenvalue weighted by Crippen LogP contribution is -2.21. The SMILES string of the molecule is Cc1cccc(C(=O)Nc2ccc(NCCC(C)C)nc2)c1.O=C(O)C(F)(F)F. The Morgan fingerprint density at radius 2 is 1.83 bits per heavy atom. The van der Waals surface area contributed by atoms with Crippen molar-refractivity contribution in [2.45, 2.75) is 33.4 Å². The number of hydrogen-bond acceptors (Lipinski definition) is 4. The van der Waals surface area contributed by atoms with Crippen molar-refractivity contribution in [1.82, 2.24) is 4.98 Å². The van der Waals surface area contributed by atoms with Gasteiger partial charge in [0, 0.05) is 12.1 Å². The molecule has 0 spiro atoms. The van der Waals surface area contributed by atoms with Crippen LogP contribution in [0.2, 0.25) is 0 Å². The number of amides is 1. The monoisotopic (exact) mass is 411 g/mol. The van der Waals surface area contributed by atoms with Gasteiger partial charge in [0.05, 0.1) is 11.9 Å². The van der Waals surface area contributed by atoms with Crippen LogP contribution in [0.15, 0.2) is 42.6 Å². The number of aryl methyl sites for hydroxylation is 1. The number of aromatic nitrogens is 1. The van der Waals surface area contributed by atoms with Crippen molar-refractivity contribution >= 4 is 23.4 Å². The van der Waals surface area contributed by atoms with E-state index in [0.717, 1.165) is 24.3 Å². The fourth-order valence-electron chi connectivity index (χ4n) is 2.05. The summed E-state index contributed by atoms with van der Waals surface area (Å²) in [4.78, 5) is 25.4. The number of carbonyl (C=O) groups is 2. The zero-order chi connectivity index (χ0) is 22.0. The van der Waals surface area contributed by atoms with Gasteiger partial charge in [-0.3, -0.25) is 4.79 Å². The summed E-state index contributed by atoms with van der Waals surface area (Å²) in [5.41, 5.74) is 2.41. The molecule has 0 saturated heterocycles. The molecule has 0 aliphatic rings. The Hall–Kier alpha value is -3.10. The van der Waals surface area contributed by atoms with Crippen molar-refractivity contribution in [2.24, 2.45) is 5.92 Å². The first-order chi connectivity index (χ1) is 13.5. The summed E-state index contributed by atoms with van der Waals surface area (Å²) in [6.07, 6.45) is -2.31. The fourth-order valence-corrected chi connectivity index (χ4v) is 2.05. The van der Waals surface area contributed by atoms with Gasteiger partial charge in [0.15, 0.2) is 0 Å². The standard InChI is InChI=1S/C18H23N3O.C2HF3O2/c1-13(2)9-10-19-17-8-7-16(12-20-17)21-18(22)15-6-4-5-14(3)11-15;3-2(4,5)1(6)7/h4-8,11-13H,9-10H2,1-3H3,(H,19,20)(H,21,22);(H,6,7). The van der Waals surface area contributed by atoms with E-state index >= 15 is 0 Å². The Bertz CT molecular complexity index is 807. The van der Waals surface area contributed by atoms with Crippen molar-refractivity contribution in [3.63, 3.8) is 0 Å². The van der Waals surface area contributed by atoms with E-state index in [4.69, 9.17) is 9.90 Å². The van der Waals surface area contributed by atoms with Gasteiger partial charge in [0.25, 0.3) is 5.91 Å². The largest absolute Gasteiger partial charge is 0.490 e. The molecule has 2 rings (SSSR count). The predicted molar refractivity (Wildman–Crippen MR) is 105 cm³/mol. The van der Waals surface area contributed by atoms with Crippen molar-refractivity contribution in [3.8, 4) is 0 Å². The molecule has 1 amide bonds. The molecule has 158 valence electrons. The van der Waals surface area contributed by atoms with E-state index in [1.165, 1.54) is 0 Å². The van der Waals surface area contributed by atoms with Gasteiger partial charge in [-0.2, -0.15) is 13.2 Å². The molecule has 0 aliphatic heterocycles. The normalized spacial score (nSPS) is 10.7. The number of hydrogen-bond donors (Lipinski definition) is 3. The van der Waals surface area contributed by atoms with Crippen LogP contribution in [0.1, 0.15) is 36.2 Å². The smallest absolute Gasteiger partial charge is 0.475 e. The van der Waals surface area contributed by atoms with Gasteiger partial charge in [0.1, 0.15) is 5.82 Å². The first-order valence-electron chi connectivity index (χ1n) is 8.87. The van der Waals surface area contributed by atoms with E-state index in [1.807, 2.05) is 37.3 Å². The summed E-state index contributed by atoms with van der Waals surface area (Å²) in [6.45, 7) is 7.26. The number of carboxylic acids is 1. The number of nitrogens with one attached hydrogen (secondary N) is 2. The van der Waals surface area contributed by atoms with Gasteiger partial charge in [-0.15, -0.1) is 0 Å². The minimum atomic E-state index is -5.08. The average Bonchev–Trinajstić information content (AvgIpc) is 2.62. The Balaban J connectivity index is 0.000000516. The minimum Gasteiger partial charge on any atom is -0.475 e. The molecular weight excluding hydrogens is 387 g/mol. The molecule has 0 radical (unpaired) electrons. The summed E-state index contributed by atoms with van der Waals surface area (Å²) in [5, 5.41) is 13.3. The molecule has 3 N–H and O–H groups in total. The molecule has 2 aromatic rings. The molecule has 1 aromatic heterocycles. The van der Waals surface area contributed by atoms with Crippen LogP contribution >= 0.6 is 0 Å². The maximum absolute atomic E-state index is 12.1. The number of rotatable bonds is 6. The zero-order valence-corrected chi connectivity index (χ0v) is 16.4. The van der Waals surface area contributed by atoms with Gasteiger partial charge in [-0.05, 0) is 43.5 Å². The van der Waals surface area contributed by atoms with Gasteiger partial charge in [0.2, 0.25) is 0 Å². The zero-order valence-electron chi connectivity index (χ0n) is 16.4. The van der Waals surface area contributed by atoms with Gasteiger partial charge in [-0.25, -0.2) is 9.78 Å². The first kappa shape index (κ1) is 23.9. The number of nitrogens with zero attached hydrogens (tertiary/aromatic N) is 1. The highest BCUT2D eigenvalue weighted by atomic mass is 19.4. The van der Waals surface area contributed by atoms with E-state index in [9.17, 15) is 18.0 Å². The summed E-state index contributed by atoms with van der Waals surface area (Å²) in [6, 6.07) is 11.3. The highest BCUT2D eigenvalue weighted by Gasteiger charge is 2.38. The van der Waals surface area contributed by atoms with E-state index in [-0.39, 0.29) is 5.91 Å². The third-order valence-electron chi connectivity index (χ3n) is 3.57. The van der Waals surface area contributed by atoms with E-state index in [2.05, 4.69) is 29.5 Å². The van der Waals surface area contributed by atoms with Crippen LogP contribution in [0.25, 0.3) is 0 Å². The molecule has 0 saturated carbocycles.